The fourth-order valence-electron chi connectivity index (χ4n) is 10.2. The SMILES string of the molecule is C[C@@H](NC(=O)c1ccc(CNC(=O)CCCCNC(=O)[C@H](CCCN=C(N)N)NC(=O)CCC(=O)NCC(=O)N[C@H](CCCCNC(=O)CC[C@H](C(=O)O)N2CCN(CC(=O)O)CCN(CC(=O)O)CCN(CC(=O)O)CC2)C(=O)O)cc1)C(=O)N1CCC[C@H]1B(O)O. The lowest BCUT2D eigenvalue weighted by atomic mass is 9.78. The van der Waals surface area contributed by atoms with Crippen molar-refractivity contribution in [2.45, 2.75) is 133 Å². The number of likely N-dealkylation sites (tertiary alicyclic amines) is 1. The van der Waals surface area contributed by atoms with Gasteiger partial charge in [0.2, 0.25) is 41.4 Å². The first kappa shape index (κ1) is 78.7. The van der Waals surface area contributed by atoms with Crippen molar-refractivity contribution in [3.8, 4) is 0 Å². The predicted octanol–water partition coefficient (Wildman–Crippen LogP) is -5.29. The van der Waals surface area contributed by atoms with E-state index in [0.717, 1.165) is 0 Å². The summed E-state index contributed by atoms with van der Waals surface area (Å²) < 4.78 is 0. The number of nitrogens with two attached hydrogens (primary N) is 2. The maximum absolute atomic E-state index is 13.2. The maximum atomic E-state index is 13.2. The molecular formula is C57H92BN15O20. The summed E-state index contributed by atoms with van der Waals surface area (Å²) in [6.07, 6.45) is 1.51. The minimum atomic E-state index is -1.68. The largest absolute Gasteiger partial charge is 0.480 e. The van der Waals surface area contributed by atoms with E-state index < -0.39 is 141 Å². The molecule has 18 N–H and O–H groups in total. The number of carbonyl (C=O) groups is 13. The molecule has 1 aromatic rings. The number of nitrogens with zero attached hydrogens (tertiary/aromatic N) is 6. The molecule has 36 heteroatoms. The first-order valence-corrected chi connectivity index (χ1v) is 30.9. The molecular weight excluding hydrogens is 1230 g/mol. The van der Waals surface area contributed by atoms with Crippen molar-refractivity contribution in [1.29, 1.82) is 0 Å². The van der Waals surface area contributed by atoms with Gasteiger partial charge in [0, 0.05) is 116 Å². The Morgan fingerprint density at radius 1 is 0.559 bits per heavy atom. The van der Waals surface area contributed by atoms with Crippen molar-refractivity contribution in [1.82, 2.24) is 61.7 Å². The number of rotatable bonds is 40. The van der Waals surface area contributed by atoms with Gasteiger partial charge in [0.25, 0.3) is 5.91 Å². The lowest BCUT2D eigenvalue weighted by Gasteiger charge is -2.35. The van der Waals surface area contributed by atoms with Crippen molar-refractivity contribution in [2.75, 3.05) is 105 Å². The van der Waals surface area contributed by atoms with Crippen LogP contribution < -0.4 is 48.7 Å². The van der Waals surface area contributed by atoms with Crippen molar-refractivity contribution in [3.63, 3.8) is 0 Å². The summed E-state index contributed by atoms with van der Waals surface area (Å²) in [6.45, 7) is 1.29. The number of hydrogen-bond acceptors (Lipinski definition) is 20. The quantitative estimate of drug-likeness (QED) is 0.0126. The standard InChI is InChI=1S/C57H92BN15O20/c1-37(54(87)73-23-7-10-43(73)58(92)93)66-52(85)39-14-12-38(13-15-39)32-64-44(74)11-3-5-21-62-53(86)40(9-6-22-63-57(59)60)67-47(77)19-18-46(76)65-33-48(78)68-41(55(88)89)8-2-4-20-61-45(75)17-16-42(56(90)91)72-30-28-70(35-50(81)82)26-24-69(34-49(79)80)25-27-71(29-31-72)36-51(83)84/h12-15,37,40-43,92-93H,2-11,16-36H2,1H3,(H,61,75)(H,62,86)(H,64,74)(H,65,76)(H,66,85)(H,67,77)(H,68,78)(H,79,80)(H,81,82)(H,83,84)(H,88,89)(H,90,91)(H4,59,60,63)/t37-,40+,41-,42-,43+/m1/s1. The van der Waals surface area contributed by atoms with E-state index >= 15 is 0 Å². The van der Waals surface area contributed by atoms with Crippen molar-refractivity contribution in [2.24, 2.45) is 16.5 Å². The summed E-state index contributed by atoms with van der Waals surface area (Å²) in [6, 6.07) is 1.81. The number of carboxylic acid groups (broad SMARTS) is 5. The number of unbranched alkanes of at least 4 members (excludes halogenated alkanes) is 2. The van der Waals surface area contributed by atoms with Gasteiger partial charge in [0.15, 0.2) is 5.96 Å². The van der Waals surface area contributed by atoms with Gasteiger partial charge in [0.05, 0.1) is 32.1 Å². The van der Waals surface area contributed by atoms with Crippen LogP contribution in [0.3, 0.4) is 0 Å². The van der Waals surface area contributed by atoms with E-state index in [0.29, 0.717) is 37.8 Å². The minimum Gasteiger partial charge on any atom is -0.480 e. The monoisotopic (exact) mass is 1320 g/mol. The second-order valence-electron chi connectivity index (χ2n) is 22.7. The molecule has 0 spiro atoms. The highest BCUT2D eigenvalue weighted by Crippen LogP contribution is 2.20. The summed E-state index contributed by atoms with van der Waals surface area (Å²) in [4.78, 5) is 174. The van der Waals surface area contributed by atoms with Gasteiger partial charge in [-0.2, -0.15) is 0 Å². The number of hydrogen-bond donors (Lipinski definition) is 16. The molecule has 0 saturated carbocycles. The summed E-state index contributed by atoms with van der Waals surface area (Å²) in [5.41, 5.74) is 11.8. The van der Waals surface area contributed by atoms with Crippen LogP contribution in [0, 0.1) is 0 Å². The molecule has 2 aliphatic heterocycles. The zero-order valence-corrected chi connectivity index (χ0v) is 52.5. The van der Waals surface area contributed by atoms with E-state index in [2.05, 4.69) is 42.2 Å². The van der Waals surface area contributed by atoms with Crippen LogP contribution in [-0.4, -0.2) is 285 Å². The Morgan fingerprint density at radius 3 is 1.65 bits per heavy atom. The predicted molar refractivity (Wildman–Crippen MR) is 332 cm³/mol. The second kappa shape index (κ2) is 42.5. The number of guanidine groups is 1. The third-order valence-electron chi connectivity index (χ3n) is 15.3. The minimum absolute atomic E-state index is 0.0243. The number of carbonyl (C=O) groups excluding carboxylic acids is 8. The number of carboxylic acids is 5. The summed E-state index contributed by atoms with van der Waals surface area (Å²) in [5.74, 6) is -11.5. The van der Waals surface area contributed by atoms with Gasteiger partial charge in [-0.15, -0.1) is 0 Å². The zero-order valence-electron chi connectivity index (χ0n) is 52.5. The van der Waals surface area contributed by atoms with Crippen LogP contribution in [0.4, 0.5) is 0 Å². The van der Waals surface area contributed by atoms with Crippen LogP contribution in [0.2, 0.25) is 0 Å². The average Bonchev–Trinajstić information content (AvgIpc) is 1.85. The highest BCUT2D eigenvalue weighted by atomic mass is 16.4. The molecule has 93 heavy (non-hydrogen) atoms. The Hall–Kier alpha value is -8.58. The van der Waals surface area contributed by atoms with Gasteiger partial charge in [-0.1, -0.05) is 12.1 Å². The molecule has 0 aliphatic carbocycles. The van der Waals surface area contributed by atoms with Crippen LogP contribution in [-0.2, 0) is 64.1 Å². The van der Waals surface area contributed by atoms with Crippen molar-refractivity contribution >= 4 is 90.2 Å². The molecule has 518 valence electrons. The number of aliphatic imine (C=N–C) groups is 1. The van der Waals surface area contributed by atoms with E-state index in [4.69, 9.17) is 11.5 Å². The first-order chi connectivity index (χ1) is 44.1. The fourth-order valence-corrected chi connectivity index (χ4v) is 10.2. The van der Waals surface area contributed by atoms with Gasteiger partial charge >= 0.3 is 37.0 Å². The maximum Gasteiger partial charge on any atom is 0.475 e. The van der Waals surface area contributed by atoms with Gasteiger partial charge in [-0.25, -0.2) is 4.79 Å². The smallest absolute Gasteiger partial charge is 0.475 e. The lowest BCUT2D eigenvalue weighted by molar-refractivity contribution is -0.145. The lowest BCUT2D eigenvalue weighted by Crippen LogP contribution is -2.52. The molecule has 2 aliphatic rings. The van der Waals surface area contributed by atoms with Crippen LogP contribution in [0.25, 0.3) is 0 Å². The molecule has 3 rings (SSSR count). The molecule has 0 aromatic heterocycles. The third-order valence-corrected chi connectivity index (χ3v) is 15.3. The van der Waals surface area contributed by atoms with Gasteiger partial charge in [-0.3, -0.25) is 82.1 Å². The molecule has 35 nitrogen and oxygen atoms in total. The van der Waals surface area contributed by atoms with Crippen LogP contribution in [0.15, 0.2) is 29.3 Å². The van der Waals surface area contributed by atoms with E-state index in [1.54, 1.807) is 29.2 Å². The van der Waals surface area contributed by atoms with Gasteiger partial charge in [0.1, 0.15) is 24.2 Å². The van der Waals surface area contributed by atoms with Crippen LogP contribution >= 0.6 is 0 Å². The van der Waals surface area contributed by atoms with Crippen molar-refractivity contribution < 1.29 is 97.9 Å². The number of aliphatic carboxylic acids is 5. The molecule has 1 aromatic carbocycles. The zero-order chi connectivity index (χ0) is 69.0. The van der Waals surface area contributed by atoms with Crippen LogP contribution in [0.5, 0.6) is 0 Å². The molecule has 0 radical (unpaired) electrons. The van der Waals surface area contributed by atoms with E-state index in [1.807, 2.05) is 0 Å². The molecule has 2 saturated heterocycles. The normalized spacial score (nSPS) is 16.5. The number of benzene rings is 1. The Kier molecular flexibility index (Phi) is 36.0. The Balaban J connectivity index is 1.38. The van der Waals surface area contributed by atoms with Gasteiger partial charge in [-0.05, 0) is 88.8 Å². The summed E-state index contributed by atoms with van der Waals surface area (Å²) in [5, 5.41) is 85.7. The fraction of sp³-hybridized carbons (Fsp3) is 0.649. The number of amides is 8. The Labute approximate surface area is 538 Å². The molecule has 8 amide bonds. The Bertz CT molecular complexity index is 2680. The van der Waals surface area contributed by atoms with E-state index in [-0.39, 0.29) is 154 Å². The highest BCUT2D eigenvalue weighted by Gasteiger charge is 2.39. The van der Waals surface area contributed by atoms with E-state index in [9.17, 15) is 97.9 Å². The summed E-state index contributed by atoms with van der Waals surface area (Å²) in [7, 11) is -1.68. The average molecular weight is 1320 g/mol. The summed E-state index contributed by atoms with van der Waals surface area (Å²) >= 11 is 0. The topological polar surface area (TPSA) is 528 Å². The Morgan fingerprint density at radius 2 is 1.09 bits per heavy atom. The second-order valence-corrected chi connectivity index (χ2v) is 22.7. The molecule has 2 fully saturated rings. The molecule has 2 heterocycles. The van der Waals surface area contributed by atoms with E-state index in [1.165, 1.54) is 26.5 Å². The third kappa shape index (κ3) is 32.5. The first-order valence-electron chi connectivity index (χ1n) is 30.9. The highest BCUT2D eigenvalue weighted by molar-refractivity contribution is 6.43. The van der Waals surface area contributed by atoms with Gasteiger partial charge < -0.3 is 89.2 Å². The van der Waals surface area contributed by atoms with Crippen LogP contribution in [0.1, 0.15) is 113 Å². The molecule has 0 unspecified atom stereocenters. The molecule has 0 bridgehead atoms. The van der Waals surface area contributed by atoms with Crippen molar-refractivity contribution in [3.05, 3.63) is 35.4 Å². The number of nitrogens with one attached hydrogen (secondary N) is 7. The molecule has 5 atom stereocenters.